The van der Waals surface area contributed by atoms with E-state index in [-0.39, 0.29) is 17.5 Å². The first-order valence-corrected chi connectivity index (χ1v) is 26.3. The van der Waals surface area contributed by atoms with Gasteiger partial charge in [-0.05, 0) is 160 Å². The van der Waals surface area contributed by atoms with Crippen molar-refractivity contribution in [3.8, 4) is 22.3 Å². The lowest BCUT2D eigenvalue weighted by Crippen LogP contribution is -2.60. The number of hydrogen-bond donors (Lipinski definition) is 0. The molecule has 0 N–H and O–H groups in total. The van der Waals surface area contributed by atoms with Crippen LogP contribution in [0.4, 0.5) is 34.1 Å². The number of fused-ring (bicyclic) bond motifs is 10. The van der Waals surface area contributed by atoms with E-state index in [0.717, 1.165) is 56.0 Å². The van der Waals surface area contributed by atoms with Crippen LogP contribution in [0.3, 0.4) is 0 Å². The smallest absolute Gasteiger partial charge is 0.342 e. The molecule has 13 rings (SSSR count). The van der Waals surface area contributed by atoms with Gasteiger partial charge in [0.05, 0.1) is 22.7 Å². The SMILES string of the molecule is Cc1cc2c3c(c1)N(c1c(C)ccc(-c4csc5ccccc45)c1C)c1c(oc4ccc(C(C)(C)C)cc14)B3c1oc3ccc(C(C)(C)C)cc3c1N2c1c(C)ccc(-c2csc3ccccc23)c1C. The highest BCUT2D eigenvalue weighted by atomic mass is 32.1. The van der Waals surface area contributed by atoms with Gasteiger partial charge in [-0.2, -0.15) is 0 Å². The van der Waals surface area contributed by atoms with E-state index in [9.17, 15) is 0 Å². The number of benzene rings is 7. The van der Waals surface area contributed by atoms with Crippen LogP contribution < -0.4 is 26.6 Å². The number of anilines is 6. The average Bonchev–Trinajstić information content (AvgIpc) is 4.13. The summed E-state index contributed by atoms with van der Waals surface area (Å²) in [7, 11) is 0. The molecular formula is C63H55BN2O2S2. The van der Waals surface area contributed by atoms with Crippen LogP contribution in [0.25, 0.3) is 64.4 Å². The molecule has 6 heterocycles. The minimum Gasteiger partial charge on any atom is -0.468 e. The molecule has 0 saturated heterocycles. The van der Waals surface area contributed by atoms with E-state index in [4.69, 9.17) is 8.83 Å². The van der Waals surface area contributed by atoms with Crippen LogP contribution in [0.15, 0.2) is 141 Å². The largest absolute Gasteiger partial charge is 0.468 e. The van der Waals surface area contributed by atoms with Gasteiger partial charge < -0.3 is 18.6 Å². The summed E-state index contributed by atoms with van der Waals surface area (Å²) in [6, 6.07) is 45.4. The van der Waals surface area contributed by atoms with E-state index >= 15 is 0 Å². The fourth-order valence-electron chi connectivity index (χ4n) is 11.8. The zero-order chi connectivity index (χ0) is 48.3. The molecule has 4 nitrogen and oxygen atoms in total. The number of aryl methyl sites for hydroxylation is 3. The van der Waals surface area contributed by atoms with Gasteiger partial charge in [0.2, 0.25) is 0 Å². The molecule has 0 spiro atoms. The summed E-state index contributed by atoms with van der Waals surface area (Å²) in [4.78, 5) is 5.16. The van der Waals surface area contributed by atoms with E-state index in [0.29, 0.717) is 0 Å². The molecule has 0 aliphatic carbocycles. The molecule has 70 heavy (non-hydrogen) atoms. The average molecular weight is 947 g/mol. The highest BCUT2D eigenvalue weighted by molar-refractivity contribution is 7.18. The number of thiophene rings is 2. The summed E-state index contributed by atoms with van der Waals surface area (Å²) in [6.45, 7) is 24.9. The molecule has 0 atom stereocenters. The molecule has 0 unspecified atom stereocenters. The van der Waals surface area contributed by atoms with E-state index in [1.807, 2.05) is 22.7 Å². The summed E-state index contributed by atoms with van der Waals surface area (Å²) in [5.41, 5.74) is 25.1. The Labute approximate surface area is 418 Å². The Kier molecular flexibility index (Phi) is 9.33. The second kappa shape index (κ2) is 15.1. The highest BCUT2D eigenvalue weighted by Crippen LogP contribution is 2.53. The predicted octanol–water partition coefficient (Wildman–Crippen LogP) is 17.2. The third kappa shape index (κ3) is 6.20. The predicted molar refractivity (Wildman–Crippen MR) is 303 cm³/mol. The standard InChI is InChI=1S/C63H55BN2O2S2/c1-34-28-49-55-50(29-34)66(57-36(3)21-25-42(38(57)5)48-33-70-54-19-15-13-17-44(48)54)59-46-31-40(63(9,10)11)23-27-52(46)68-61(59)64(55)60-58(45-30-39(62(6,7)8)22-26-51(45)67-60)65(49)56-35(2)20-24-41(37(56)4)47-32-69-53-18-14-12-16-43(47)53/h12-33H,1-11H3. The van der Waals surface area contributed by atoms with Crippen molar-refractivity contribution in [3.05, 3.63) is 171 Å². The molecule has 11 aromatic rings. The first-order valence-electron chi connectivity index (χ1n) is 24.6. The Morgan fingerprint density at radius 3 is 1.30 bits per heavy atom. The van der Waals surface area contributed by atoms with Gasteiger partial charge in [0, 0.05) is 53.4 Å². The van der Waals surface area contributed by atoms with Crippen molar-refractivity contribution in [2.75, 3.05) is 9.80 Å². The number of hydrogen-bond acceptors (Lipinski definition) is 6. The van der Waals surface area contributed by atoms with Gasteiger partial charge >= 0.3 is 6.71 Å². The summed E-state index contributed by atoms with van der Waals surface area (Å²) in [6.07, 6.45) is 0. The Morgan fingerprint density at radius 1 is 0.443 bits per heavy atom. The maximum absolute atomic E-state index is 7.44. The Hall–Kier alpha value is -6.80. The topological polar surface area (TPSA) is 32.8 Å². The fraction of sp³-hybridized carbons (Fsp3) is 0.206. The number of nitrogens with zero attached hydrogens (tertiary/aromatic N) is 2. The first-order chi connectivity index (χ1) is 33.6. The Balaban J connectivity index is 1.16. The van der Waals surface area contributed by atoms with Gasteiger partial charge in [0.1, 0.15) is 22.5 Å². The monoisotopic (exact) mass is 946 g/mol. The summed E-state index contributed by atoms with van der Waals surface area (Å²) in [5.74, 6) is 0. The molecule has 0 bridgehead atoms. The molecule has 0 fully saturated rings. The van der Waals surface area contributed by atoms with Crippen LogP contribution in [-0.4, -0.2) is 6.71 Å². The zero-order valence-electron chi connectivity index (χ0n) is 41.8. The van der Waals surface area contributed by atoms with Crippen LogP contribution in [-0.2, 0) is 10.8 Å². The lowest BCUT2D eigenvalue weighted by molar-refractivity contribution is 0.590. The van der Waals surface area contributed by atoms with Gasteiger partial charge in [-0.25, -0.2) is 0 Å². The minimum absolute atomic E-state index is 0.0766. The maximum Gasteiger partial charge on any atom is 0.342 e. The van der Waals surface area contributed by atoms with E-state index in [1.165, 1.54) is 98.2 Å². The molecule has 0 amide bonds. The first kappa shape index (κ1) is 43.2. The lowest BCUT2D eigenvalue weighted by atomic mass is 9.37. The van der Waals surface area contributed by atoms with Gasteiger partial charge in [-0.1, -0.05) is 114 Å². The van der Waals surface area contributed by atoms with Crippen molar-refractivity contribution >= 4 is 122 Å². The molecule has 0 saturated carbocycles. The highest BCUT2D eigenvalue weighted by Gasteiger charge is 2.51. The van der Waals surface area contributed by atoms with Crippen molar-refractivity contribution in [1.29, 1.82) is 0 Å². The van der Waals surface area contributed by atoms with Crippen molar-refractivity contribution < 1.29 is 8.83 Å². The summed E-state index contributed by atoms with van der Waals surface area (Å²) >= 11 is 3.63. The molecule has 7 aromatic carbocycles. The molecule has 2 aliphatic rings. The summed E-state index contributed by atoms with van der Waals surface area (Å²) in [5, 5.41) is 9.47. The third-order valence-corrected chi connectivity index (χ3v) is 17.3. The zero-order valence-corrected chi connectivity index (χ0v) is 43.4. The van der Waals surface area contributed by atoms with E-state index < -0.39 is 0 Å². The normalized spacial score (nSPS) is 13.6. The molecule has 0 radical (unpaired) electrons. The van der Waals surface area contributed by atoms with Gasteiger partial charge in [0.25, 0.3) is 0 Å². The van der Waals surface area contributed by atoms with Gasteiger partial charge in [-0.3, -0.25) is 0 Å². The van der Waals surface area contributed by atoms with Crippen LogP contribution in [0.1, 0.15) is 80.5 Å². The minimum atomic E-state index is -0.326. The van der Waals surface area contributed by atoms with Crippen molar-refractivity contribution in [2.45, 2.75) is 87.0 Å². The molecule has 2 aliphatic heterocycles. The molecule has 344 valence electrons. The maximum atomic E-state index is 7.44. The van der Waals surface area contributed by atoms with E-state index in [1.54, 1.807) is 0 Å². The Morgan fingerprint density at radius 2 is 0.871 bits per heavy atom. The quantitative estimate of drug-likeness (QED) is 0.165. The Bertz CT molecular complexity index is 3760. The van der Waals surface area contributed by atoms with Gasteiger partial charge in [0.15, 0.2) is 0 Å². The lowest BCUT2D eigenvalue weighted by Gasteiger charge is -2.42. The molecule has 7 heteroatoms. The van der Waals surface area contributed by atoms with E-state index in [2.05, 4.69) is 218 Å². The van der Waals surface area contributed by atoms with Crippen molar-refractivity contribution in [3.63, 3.8) is 0 Å². The summed E-state index contributed by atoms with van der Waals surface area (Å²) < 4.78 is 17.5. The molecule has 4 aromatic heterocycles. The van der Waals surface area contributed by atoms with Crippen LogP contribution >= 0.6 is 22.7 Å². The van der Waals surface area contributed by atoms with Crippen LogP contribution in [0, 0.1) is 34.6 Å². The molecular weight excluding hydrogens is 892 g/mol. The van der Waals surface area contributed by atoms with Gasteiger partial charge in [-0.15, -0.1) is 22.7 Å². The van der Waals surface area contributed by atoms with Crippen molar-refractivity contribution in [1.82, 2.24) is 0 Å². The third-order valence-electron chi connectivity index (χ3n) is 15.4. The number of furan rings is 2. The number of rotatable bonds is 4. The van der Waals surface area contributed by atoms with Crippen LogP contribution in [0.5, 0.6) is 0 Å². The second-order valence-corrected chi connectivity index (χ2v) is 23.8. The fourth-order valence-corrected chi connectivity index (χ4v) is 13.7. The second-order valence-electron chi connectivity index (χ2n) is 22.0. The van der Waals surface area contributed by atoms with Crippen LogP contribution in [0.2, 0.25) is 0 Å². The van der Waals surface area contributed by atoms with Crippen molar-refractivity contribution in [2.24, 2.45) is 0 Å².